The average molecular weight is 326 g/mol. The van der Waals surface area contributed by atoms with Gasteiger partial charge in [0.1, 0.15) is 0 Å². The minimum Gasteiger partial charge on any atom is -0.320 e. The monoisotopic (exact) mass is 326 g/mol. The molecule has 3 aliphatic rings. The molecular formula is C20H26N2O2. The molecule has 4 nitrogen and oxygen atoms in total. The zero-order valence-corrected chi connectivity index (χ0v) is 14.2. The lowest BCUT2D eigenvalue weighted by Gasteiger charge is -2.48. The van der Waals surface area contributed by atoms with Gasteiger partial charge in [-0.15, -0.1) is 0 Å². The fraction of sp³-hybridized carbons (Fsp3) is 0.600. The first kappa shape index (κ1) is 15.7. The van der Waals surface area contributed by atoms with Gasteiger partial charge in [-0.1, -0.05) is 49.6 Å². The van der Waals surface area contributed by atoms with Gasteiger partial charge in [0, 0.05) is 12.6 Å². The normalized spacial score (nSPS) is 27.8. The van der Waals surface area contributed by atoms with Crippen LogP contribution < -0.4 is 0 Å². The van der Waals surface area contributed by atoms with Crippen molar-refractivity contribution in [3.8, 4) is 0 Å². The molecule has 4 heteroatoms. The van der Waals surface area contributed by atoms with Crippen LogP contribution in [0.2, 0.25) is 0 Å². The van der Waals surface area contributed by atoms with E-state index in [2.05, 4.69) is 4.90 Å². The van der Waals surface area contributed by atoms with Gasteiger partial charge in [-0.2, -0.15) is 0 Å². The van der Waals surface area contributed by atoms with Crippen molar-refractivity contribution in [2.45, 2.75) is 57.5 Å². The zero-order chi connectivity index (χ0) is 16.5. The summed E-state index contributed by atoms with van der Waals surface area (Å²) in [7, 11) is 0. The molecule has 2 aliphatic carbocycles. The van der Waals surface area contributed by atoms with Crippen molar-refractivity contribution in [1.82, 2.24) is 9.80 Å². The Morgan fingerprint density at radius 3 is 2.38 bits per heavy atom. The van der Waals surface area contributed by atoms with Gasteiger partial charge < -0.3 is 4.90 Å². The van der Waals surface area contributed by atoms with Crippen LogP contribution in [0, 0.1) is 11.8 Å². The van der Waals surface area contributed by atoms with Gasteiger partial charge in [0.25, 0.3) is 0 Å². The summed E-state index contributed by atoms with van der Waals surface area (Å²) in [4.78, 5) is 29.6. The molecule has 1 saturated heterocycles. The Kier molecular flexibility index (Phi) is 4.30. The maximum atomic E-state index is 13.1. The number of hydrogen-bond donors (Lipinski definition) is 0. The highest BCUT2D eigenvalue weighted by Gasteiger charge is 2.47. The lowest BCUT2D eigenvalue weighted by Crippen LogP contribution is -2.63. The predicted octanol–water partition coefficient (Wildman–Crippen LogP) is 3.81. The number of fused-ring (bicyclic) bond motifs is 1. The summed E-state index contributed by atoms with van der Waals surface area (Å²) in [6.07, 6.45) is 7.92. The highest BCUT2D eigenvalue weighted by atomic mass is 16.2. The molecular weight excluding hydrogens is 300 g/mol. The first-order valence-electron chi connectivity index (χ1n) is 9.40. The number of nitrogens with zero attached hydrogens (tertiary/aromatic N) is 2. The zero-order valence-electron chi connectivity index (χ0n) is 14.2. The van der Waals surface area contributed by atoms with Crippen LogP contribution in [0.3, 0.4) is 0 Å². The largest absolute Gasteiger partial charge is 0.327 e. The van der Waals surface area contributed by atoms with Crippen LogP contribution >= 0.6 is 0 Å². The van der Waals surface area contributed by atoms with E-state index in [9.17, 15) is 9.59 Å². The molecule has 2 saturated carbocycles. The van der Waals surface area contributed by atoms with E-state index in [4.69, 9.17) is 0 Å². The first-order valence-corrected chi connectivity index (χ1v) is 9.40. The second-order valence-corrected chi connectivity index (χ2v) is 7.60. The number of carbonyl (C=O) groups excluding carboxylic acids is 2. The van der Waals surface area contributed by atoms with E-state index in [-0.39, 0.29) is 23.9 Å². The maximum Gasteiger partial charge on any atom is 0.327 e. The molecule has 1 heterocycles. The van der Waals surface area contributed by atoms with Gasteiger partial charge in [0.05, 0.1) is 12.5 Å². The highest BCUT2D eigenvalue weighted by Crippen LogP contribution is 2.37. The van der Waals surface area contributed by atoms with E-state index < -0.39 is 0 Å². The Labute approximate surface area is 143 Å². The van der Waals surface area contributed by atoms with Gasteiger partial charge in [-0.25, -0.2) is 4.79 Å². The summed E-state index contributed by atoms with van der Waals surface area (Å²) in [5, 5.41) is 0. The Hall–Kier alpha value is -1.84. The van der Waals surface area contributed by atoms with E-state index in [1.807, 2.05) is 30.3 Å². The van der Waals surface area contributed by atoms with Gasteiger partial charge in [0.15, 0.2) is 0 Å². The SMILES string of the molecule is O=C1C2CCCCC2N(CC2CCC2)C(=O)N1Cc1ccccc1. The third kappa shape index (κ3) is 2.83. The van der Waals surface area contributed by atoms with E-state index in [0.29, 0.717) is 12.5 Å². The Balaban J connectivity index is 1.58. The molecule has 1 aromatic rings. The van der Waals surface area contributed by atoms with Crippen molar-refractivity contribution in [2.75, 3.05) is 6.54 Å². The van der Waals surface area contributed by atoms with Crippen molar-refractivity contribution in [3.05, 3.63) is 35.9 Å². The summed E-state index contributed by atoms with van der Waals surface area (Å²) in [5.41, 5.74) is 1.03. The van der Waals surface area contributed by atoms with Gasteiger partial charge >= 0.3 is 6.03 Å². The van der Waals surface area contributed by atoms with E-state index in [1.165, 1.54) is 24.2 Å². The third-order valence-corrected chi connectivity index (χ3v) is 6.05. The minimum atomic E-state index is -0.0566. The lowest BCUT2D eigenvalue weighted by molar-refractivity contribution is -0.141. The second-order valence-electron chi connectivity index (χ2n) is 7.60. The van der Waals surface area contributed by atoms with Crippen LogP contribution in [0.15, 0.2) is 30.3 Å². The summed E-state index contributed by atoms with van der Waals surface area (Å²) in [5.74, 6) is 0.710. The second kappa shape index (κ2) is 6.58. The van der Waals surface area contributed by atoms with Crippen molar-refractivity contribution < 1.29 is 9.59 Å². The minimum absolute atomic E-state index is 0.0141. The topological polar surface area (TPSA) is 40.6 Å². The standard InChI is InChI=1S/C20H26N2O2/c23-19-17-11-4-5-12-18(17)21(13-16-9-6-10-16)20(24)22(19)14-15-7-2-1-3-8-15/h1-3,7-8,16-18H,4-6,9-14H2. The molecule has 2 unspecified atom stereocenters. The van der Waals surface area contributed by atoms with Crippen LogP contribution in [0.1, 0.15) is 50.5 Å². The summed E-state index contributed by atoms with van der Waals surface area (Å²) < 4.78 is 0. The van der Waals surface area contributed by atoms with Gasteiger partial charge in [0.2, 0.25) is 5.91 Å². The molecule has 1 aromatic carbocycles. The Morgan fingerprint density at radius 1 is 0.917 bits per heavy atom. The van der Waals surface area contributed by atoms with Gasteiger partial charge in [-0.05, 0) is 37.2 Å². The third-order valence-electron chi connectivity index (χ3n) is 6.05. The van der Waals surface area contributed by atoms with E-state index in [1.54, 1.807) is 0 Å². The fourth-order valence-electron chi connectivity index (χ4n) is 4.44. The molecule has 128 valence electrons. The molecule has 4 rings (SSSR count). The molecule has 24 heavy (non-hydrogen) atoms. The van der Waals surface area contributed by atoms with Crippen LogP contribution in [-0.2, 0) is 11.3 Å². The number of hydrogen-bond acceptors (Lipinski definition) is 2. The molecule has 3 amide bonds. The molecule has 1 aliphatic heterocycles. The quantitative estimate of drug-likeness (QED) is 0.844. The number of amides is 3. The van der Waals surface area contributed by atoms with Crippen LogP contribution in [0.5, 0.6) is 0 Å². The average Bonchev–Trinajstić information content (AvgIpc) is 2.58. The summed E-state index contributed by atoms with van der Waals surface area (Å²) >= 11 is 0. The highest BCUT2D eigenvalue weighted by molar-refractivity contribution is 5.98. The molecule has 0 radical (unpaired) electrons. The lowest BCUT2D eigenvalue weighted by atomic mass is 9.79. The smallest absolute Gasteiger partial charge is 0.320 e. The summed E-state index contributed by atoms with van der Waals surface area (Å²) in [6.45, 7) is 1.25. The molecule has 3 fully saturated rings. The van der Waals surface area contributed by atoms with Crippen molar-refractivity contribution in [2.24, 2.45) is 11.8 Å². The fourth-order valence-corrected chi connectivity index (χ4v) is 4.44. The van der Waals surface area contributed by atoms with Crippen molar-refractivity contribution >= 4 is 11.9 Å². The first-order chi connectivity index (χ1) is 11.7. The van der Waals surface area contributed by atoms with E-state index in [0.717, 1.165) is 37.8 Å². The number of benzene rings is 1. The van der Waals surface area contributed by atoms with Gasteiger partial charge in [-0.3, -0.25) is 9.69 Å². The summed E-state index contributed by atoms with van der Waals surface area (Å²) in [6, 6.07) is 9.95. The molecule has 0 N–H and O–H groups in total. The molecule has 2 atom stereocenters. The number of imide groups is 1. The molecule has 0 bridgehead atoms. The van der Waals surface area contributed by atoms with E-state index >= 15 is 0 Å². The van der Waals surface area contributed by atoms with Crippen molar-refractivity contribution in [1.29, 1.82) is 0 Å². The van der Waals surface area contributed by atoms with Crippen molar-refractivity contribution in [3.63, 3.8) is 0 Å². The number of rotatable bonds is 4. The number of carbonyl (C=O) groups is 2. The van der Waals surface area contributed by atoms with Crippen LogP contribution in [0.4, 0.5) is 4.79 Å². The number of urea groups is 1. The van der Waals surface area contributed by atoms with Crippen LogP contribution in [-0.4, -0.2) is 34.3 Å². The Morgan fingerprint density at radius 2 is 1.67 bits per heavy atom. The molecule has 0 spiro atoms. The Bertz CT molecular complexity index is 611. The molecule has 0 aromatic heterocycles. The maximum absolute atomic E-state index is 13.1. The van der Waals surface area contributed by atoms with Crippen LogP contribution in [0.25, 0.3) is 0 Å². The predicted molar refractivity (Wildman–Crippen MR) is 92.2 cm³/mol.